The van der Waals surface area contributed by atoms with Crippen LogP contribution in [-0.4, -0.2) is 26.2 Å². The molecule has 0 atom stereocenters. The Hall–Kier alpha value is -2.61. The SMILES string of the molecule is CS(=O)(=O)c1ccc(CCNc2ccnc3cc(C(F)(F)F)ccc23)cc1. The average Bonchev–Trinajstić information content (AvgIpc) is 2.60. The summed E-state index contributed by atoms with van der Waals surface area (Å²) in [5.41, 5.74) is 1.19. The minimum Gasteiger partial charge on any atom is -0.384 e. The van der Waals surface area contributed by atoms with Crippen molar-refractivity contribution in [2.75, 3.05) is 18.1 Å². The van der Waals surface area contributed by atoms with Crippen molar-refractivity contribution in [3.63, 3.8) is 0 Å². The molecule has 0 unspecified atom stereocenters. The van der Waals surface area contributed by atoms with E-state index in [1.807, 2.05) is 0 Å². The molecule has 0 radical (unpaired) electrons. The molecule has 0 saturated carbocycles. The van der Waals surface area contributed by atoms with Crippen molar-refractivity contribution in [2.45, 2.75) is 17.5 Å². The van der Waals surface area contributed by atoms with Crippen LogP contribution in [0.2, 0.25) is 0 Å². The van der Waals surface area contributed by atoms with Crippen molar-refractivity contribution in [3.05, 3.63) is 65.9 Å². The van der Waals surface area contributed by atoms with E-state index >= 15 is 0 Å². The van der Waals surface area contributed by atoms with E-state index in [-0.39, 0.29) is 10.4 Å². The lowest BCUT2D eigenvalue weighted by molar-refractivity contribution is -0.137. The number of sulfone groups is 1. The van der Waals surface area contributed by atoms with Gasteiger partial charge in [0.1, 0.15) is 0 Å². The van der Waals surface area contributed by atoms with Crippen molar-refractivity contribution in [1.29, 1.82) is 0 Å². The lowest BCUT2D eigenvalue weighted by atomic mass is 10.1. The Kier molecular flexibility index (Phi) is 5.10. The molecule has 27 heavy (non-hydrogen) atoms. The van der Waals surface area contributed by atoms with Gasteiger partial charge in [-0.2, -0.15) is 13.2 Å². The third kappa shape index (κ3) is 4.57. The van der Waals surface area contributed by atoms with Gasteiger partial charge in [-0.25, -0.2) is 8.42 Å². The highest BCUT2D eigenvalue weighted by Crippen LogP contribution is 2.32. The van der Waals surface area contributed by atoms with Crippen molar-refractivity contribution in [1.82, 2.24) is 4.98 Å². The number of benzene rings is 2. The number of nitrogens with zero attached hydrogens (tertiary/aromatic N) is 1. The molecule has 1 N–H and O–H groups in total. The van der Waals surface area contributed by atoms with E-state index in [0.717, 1.165) is 24.0 Å². The number of fused-ring (bicyclic) bond motifs is 1. The summed E-state index contributed by atoms with van der Waals surface area (Å²) in [4.78, 5) is 4.28. The van der Waals surface area contributed by atoms with Gasteiger partial charge in [0.05, 0.1) is 16.0 Å². The van der Waals surface area contributed by atoms with E-state index in [9.17, 15) is 21.6 Å². The zero-order valence-electron chi connectivity index (χ0n) is 14.4. The molecule has 4 nitrogen and oxygen atoms in total. The zero-order chi connectivity index (χ0) is 19.7. The number of alkyl halides is 3. The molecule has 0 bridgehead atoms. The smallest absolute Gasteiger partial charge is 0.384 e. The fraction of sp³-hybridized carbons (Fsp3) is 0.211. The highest BCUT2D eigenvalue weighted by Gasteiger charge is 2.30. The van der Waals surface area contributed by atoms with Gasteiger partial charge in [-0.05, 0) is 42.3 Å². The molecule has 0 aliphatic carbocycles. The molecular weight excluding hydrogens is 377 g/mol. The summed E-state index contributed by atoms with van der Waals surface area (Å²) in [5.74, 6) is 0. The van der Waals surface area contributed by atoms with Crippen LogP contribution < -0.4 is 5.32 Å². The molecule has 0 aliphatic heterocycles. The first-order valence-electron chi connectivity index (χ1n) is 8.13. The van der Waals surface area contributed by atoms with Gasteiger partial charge in [0, 0.05) is 30.1 Å². The number of aromatic nitrogens is 1. The predicted octanol–water partition coefficient (Wildman–Crippen LogP) is 4.31. The van der Waals surface area contributed by atoms with Gasteiger partial charge in [-0.15, -0.1) is 0 Å². The summed E-state index contributed by atoms with van der Waals surface area (Å²) in [5, 5.41) is 3.81. The van der Waals surface area contributed by atoms with Gasteiger partial charge >= 0.3 is 6.18 Å². The Balaban J connectivity index is 1.72. The molecule has 8 heteroatoms. The van der Waals surface area contributed by atoms with Crippen LogP contribution in [0.25, 0.3) is 10.9 Å². The Morgan fingerprint density at radius 3 is 2.37 bits per heavy atom. The van der Waals surface area contributed by atoms with Gasteiger partial charge in [0.25, 0.3) is 0 Å². The second kappa shape index (κ2) is 7.19. The van der Waals surface area contributed by atoms with Gasteiger partial charge in [-0.1, -0.05) is 18.2 Å². The van der Waals surface area contributed by atoms with Crippen LogP contribution in [-0.2, 0) is 22.4 Å². The first-order chi connectivity index (χ1) is 12.6. The third-order valence-electron chi connectivity index (χ3n) is 4.15. The summed E-state index contributed by atoms with van der Waals surface area (Å²) in [6, 6.07) is 11.8. The number of pyridine rings is 1. The maximum absolute atomic E-state index is 12.8. The van der Waals surface area contributed by atoms with Crippen LogP contribution in [0.3, 0.4) is 0 Å². The lowest BCUT2D eigenvalue weighted by Gasteiger charge is -2.12. The largest absolute Gasteiger partial charge is 0.416 e. The Bertz CT molecular complexity index is 1060. The van der Waals surface area contributed by atoms with E-state index in [1.54, 1.807) is 30.3 Å². The standard InChI is InChI=1S/C19H17F3N2O2S/c1-27(25,26)15-5-2-13(3-6-15)8-10-23-17-9-11-24-18-12-14(19(20,21)22)4-7-16(17)18/h2-7,9,11-12H,8,10H2,1H3,(H,23,24). The van der Waals surface area contributed by atoms with Crippen LogP contribution in [0.1, 0.15) is 11.1 Å². The molecular formula is C19H17F3N2O2S. The molecule has 3 rings (SSSR count). The van der Waals surface area contributed by atoms with E-state index in [1.165, 1.54) is 12.3 Å². The maximum Gasteiger partial charge on any atom is 0.416 e. The third-order valence-corrected chi connectivity index (χ3v) is 5.28. The summed E-state index contributed by atoms with van der Waals surface area (Å²) >= 11 is 0. The summed E-state index contributed by atoms with van der Waals surface area (Å²) in [6.45, 7) is 0.540. The first kappa shape index (κ1) is 19.2. The molecule has 1 aromatic heterocycles. The normalized spacial score (nSPS) is 12.3. The molecule has 0 saturated heterocycles. The van der Waals surface area contributed by atoms with Crippen LogP contribution in [0.4, 0.5) is 18.9 Å². The fourth-order valence-electron chi connectivity index (χ4n) is 2.72. The number of rotatable bonds is 5. The van der Waals surface area contributed by atoms with Gasteiger partial charge < -0.3 is 5.32 Å². The highest BCUT2D eigenvalue weighted by molar-refractivity contribution is 7.90. The van der Waals surface area contributed by atoms with Crippen LogP contribution in [0.15, 0.2) is 59.6 Å². The Labute approximate surface area is 155 Å². The van der Waals surface area contributed by atoms with Crippen molar-refractivity contribution in [3.8, 4) is 0 Å². The molecule has 142 valence electrons. The van der Waals surface area contributed by atoms with Crippen molar-refractivity contribution >= 4 is 26.4 Å². The molecule has 0 spiro atoms. The highest BCUT2D eigenvalue weighted by atomic mass is 32.2. The van der Waals surface area contributed by atoms with Gasteiger partial charge in [0.15, 0.2) is 9.84 Å². The average molecular weight is 394 g/mol. The Morgan fingerprint density at radius 1 is 1.04 bits per heavy atom. The lowest BCUT2D eigenvalue weighted by Crippen LogP contribution is -2.07. The molecule has 0 fully saturated rings. The molecule has 0 amide bonds. The fourth-order valence-corrected chi connectivity index (χ4v) is 3.35. The zero-order valence-corrected chi connectivity index (χ0v) is 15.2. The number of anilines is 1. The molecule has 2 aromatic carbocycles. The summed E-state index contributed by atoms with van der Waals surface area (Å²) < 4.78 is 61.4. The van der Waals surface area contributed by atoms with Gasteiger partial charge in [0.2, 0.25) is 0 Å². The molecule has 1 heterocycles. The minimum atomic E-state index is -4.41. The number of hydrogen-bond acceptors (Lipinski definition) is 4. The van der Waals surface area contributed by atoms with Crippen LogP contribution >= 0.6 is 0 Å². The van der Waals surface area contributed by atoms with E-state index in [4.69, 9.17) is 0 Å². The van der Waals surface area contributed by atoms with Crippen LogP contribution in [0, 0.1) is 0 Å². The quantitative estimate of drug-likeness (QED) is 0.701. The Morgan fingerprint density at radius 2 is 1.74 bits per heavy atom. The second-order valence-electron chi connectivity index (χ2n) is 6.18. The monoisotopic (exact) mass is 394 g/mol. The van der Waals surface area contributed by atoms with Gasteiger partial charge in [-0.3, -0.25) is 4.98 Å². The topological polar surface area (TPSA) is 59.1 Å². The maximum atomic E-state index is 12.8. The first-order valence-corrected chi connectivity index (χ1v) is 10.0. The molecule has 3 aromatic rings. The van der Waals surface area contributed by atoms with Crippen LogP contribution in [0.5, 0.6) is 0 Å². The minimum absolute atomic E-state index is 0.264. The van der Waals surface area contributed by atoms with Crippen molar-refractivity contribution < 1.29 is 21.6 Å². The van der Waals surface area contributed by atoms with E-state index in [2.05, 4.69) is 10.3 Å². The number of nitrogens with one attached hydrogen (secondary N) is 1. The number of hydrogen-bond donors (Lipinski definition) is 1. The summed E-state index contributed by atoms with van der Waals surface area (Å²) in [7, 11) is -3.22. The predicted molar refractivity (Wildman–Crippen MR) is 98.5 cm³/mol. The second-order valence-corrected chi connectivity index (χ2v) is 8.20. The summed E-state index contributed by atoms with van der Waals surface area (Å²) in [6.07, 6.45) is -1.15. The number of halogens is 3. The van der Waals surface area contributed by atoms with Crippen molar-refractivity contribution in [2.24, 2.45) is 0 Å². The molecule has 0 aliphatic rings. The van der Waals surface area contributed by atoms with E-state index in [0.29, 0.717) is 24.0 Å². The van der Waals surface area contributed by atoms with E-state index < -0.39 is 21.6 Å².